The molecule has 4 aromatic carbocycles. The number of nitrogens with zero attached hydrogens (tertiary/aromatic N) is 3. The van der Waals surface area contributed by atoms with E-state index in [1.54, 1.807) is 0 Å². The van der Waals surface area contributed by atoms with Crippen LogP contribution in [0, 0.1) is 0 Å². The molecule has 0 amide bonds. The first kappa shape index (κ1) is 25.8. The molecule has 7 aromatic rings. The lowest BCUT2D eigenvalue weighted by Gasteiger charge is -2.14. The average molecular weight is 578 g/mol. The number of hydrogen-bond acceptors (Lipinski definition) is 1. The molecule has 2 aliphatic rings. The average Bonchev–Trinajstić information content (AvgIpc) is 3.50. The molecule has 9 rings (SSSR count). The SMILES string of the molecule is C1=CCC(c2cncc(-c3cccc(-n4c5c(c6ccccc64)CCC=C5)c3)c2)=CC(n2c3ccccc3c3ccccc32)=C1. The number of para-hydroxylation sites is 3. The lowest BCUT2D eigenvalue weighted by Crippen LogP contribution is -2.00. The van der Waals surface area contributed by atoms with Crippen molar-refractivity contribution in [2.75, 3.05) is 0 Å². The Bertz CT molecular complexity index is 2350. The van der Waals surface area contributed by atoms with Crippen LogP contribution in [0.3, 0.4) is 0 Å². The highest BCUT2D eigenvalue weighted by atomic mass is 15.0. The third kappa shape index (κ3) is 4.23. The van der Waals surface area contributed by atoms with Gasteiger partial charge < -0.3 is 9.13 Å². The van der Waals surface area contributed by atoms with E-state index < -0.39 is 0 Å². The van der Waals surface area contributed by atoms with Crippen LogP contribution < -0.4 is 0 Å². The molecule has 0 atom stereocenters. The third-order valence-electron chi connectivity index (χ3n) is 9.30. The van der Waals surface area contributed by atoms with Crippen molar-refractivity contribution in [1.82, 2.24) is 14.1 Å². The Hall–Kier alpha value is -5.67. The largest absolute Gasteiger partial charge is 0.310 e. The Morgan fingerprint density at radius 1 is 0.600 bits per heavy atom. The molecular formula is C42H31N3. The van der Waals surface area contributed by atoms with Crippen LogP contribution in [0.2, 0.25) is 0 Å². The molecule has 3 nitrogen and oxygen atoms in total. The van der Waals surface area contributed by atoms with Gasteiger partial charge in [-0.1, -0.05) is 85.0 Å². The number of fused-ring (bicyclic) bond motifs is 6. The molecule has 0 N–H and O–H groups in total. The summed E-state index contributed by atoms with van der Waals surface area (Å²) in [7, 11) is 0. The lowest BCUT2D eigenvalue weighted by atomic mass is 9.99. The third-order valence-corrected chi connectivity index (χ3v) is 9.30. The van der Waals surface area contributed by atoms with Crippen LogP contribution in [0.5, 0.6) is 0 Å². The second-order valence-corrected chi connectivity index (χ2v) is 11.9. The first-order valence-corrected chi connectivity index (χ1v) is 15.7. The minimum atomic E-state index is 0.843. The first-order valence-electron chi connectivity index (χ1n) is 15.7. The van der Waals surface area contributed by atoms with Crippen LogP contribution in [-0.4, -0.2) is 14.1 Å². The van der Waals surface area contributed by atoms with E-state index in [0.29, 0.717) is 0 Å². The van der Waals surface area contributed by atoms with Crippen LogP contribution >= 0.6 is 0 Å². The van der Waals surface area contributed by atoms with Crippen molar-refractivity contribution in [2.24, 2.45) is 0 Å². The van der Waals surface area contributed by atoms with Gasteiger partial charge in [0.15, 0.2) is 0 Å². The molecule has 0 radical (unpaired) electrons. The van der Waals surface area contributed by atoms with E-state index in [9.17, 15) is 0 Å². The van der Waals surface area contributed by atoms with Crippen molar-refractivity contribution in [3.8, 4) is 16.8 Å². The summed E-state index contributed by atoms with van der Waals surface area (Å²) in [4.78, 5) is 4.76. The fourth-order valence-corrected chi connectivity index (χ4v) is 7.25. The van der Waals surface area contributed by atoms with E-state index in [-0.39, 0.29) is 0 Å². The quantitative estimate of drug-likeness (QED) is 0.204. The summed E-state index contributed by atoms with van der Waals surface area (Å²) in [5, 5.41) is 3.90. The molecule has 0 aliphatic heterocycles. The monoisotopic (exact) mass is 577 g/mol. The normalized spacial score (nSPS) is 14.5. The zero-order chi connectivity index (χ0) is 29.7. The number of hydrogen-bond donors (Lipinski definition) is 0. The number of aromatic nitrogens is 3. The number of benzene rings is 4. The van der Waals surface area contributed by atoms with Crippen LogP contribution in [0.1, 0.15) is 29.7 Å². The molecule has 3 heteroatoms. The molecule has 214 valence electrons. The molecule has 45 heavy (non-hydrogen) atoms. The summed E-state index contributed by atoms with van der Waals surface area (Å²) < 4.78 is 4.81. The van der Waals surface area contributed by atoms with E-state index in [0.717, 1.165) is 41.6 Å². The van der Waals surface area contributed by atoms with Gasteiger partial charge in [0, 0.05) is 51.2 Å². The minimum absolute atomic E-state index is 0.843. The van der Waals surface area contributed by atoms with Gasteiger partial charge in [-0.25, -0.2) is 0 Å². The number of rotatable bonds is 4. The number of aryl methyl sites for hydroxylation is 1. The summed E-state index contributed by atoms with van der Waals surface area (Å²) >= 11 is 0. The maximum absolute atomic E-state index is 4.76. The summed E-state index contributed by atoms with van der Waals surface area (Å²) in [6.45, 7) is 0. The van der Waals surface area contributed by atoms with Crippen molar-refractivity contribution < 1.29 is 0 Å². The van der Waals surface area contributed by atoms with Gasteiger partial charge in [-0.3, -0.25) is 4.98 Å². The highest BCUT2D eigenvalue weighted by Gasteiger charge is 2.19. The summed E-state index contributed by atoms with van der Waals surface area (Å²) in [6.07, 6.45) is 20.6. The van der Waals surface area contributed by atoms with E-state index in [1.165, 1.54) is 55.2 Å². The van der Waals surface area contributed by atoms with Gasteiger partial charge in [-0.15, -0.1) is 0 Å². The predicted octanol–water partition coefficient (Wildman–Crippen LogP) is 10.6. The molecule has 0 unspecified atom stereocenters. The Labute approximate surface area is 262 Å². The van der Waals surface area contributed by atoms with Gasteiger partial charge in [0.2, 0.25) is 0 Å². The molecule has 3 aromatic heterocycles. The van der Waals surface area contributed by atoms with Gasteiger partial charge in [0.1, 0.15) is 0 Å². The van der Waals surface area contributed by atoms with E-state index >= 15 is 0 Å². The van der Waals surface area contributed by atoms with Crippen molar-refractivity contribution in [2.45, 2.75) is 19.3 Å². The molecular weight excluding hydrogens is 546 g/mol. The van der Waals surface area contributed by atoms with Gasteiger partial charge in [-0.05, 0) is 96.2 Å². The highest BCUT2D eigenvalue weighted by molar-refractivity contribution is 6.10. The van der Waals surface area contributed by atoms with Crippen LogP contribution in [0.25, 0.3) is 66.9 Å². The van der Waals surface area contributed by atoms with Crippen molar-refractivity contribution in [1.29, 1.82) is 0 Å². The van der Waals surface area contributed by atoms with Gasteiger partial charge in [0.05, 0.1) is 16.6 Å². The topological polar surface area (TPSA) is 22.8 Å². The van der Waals surface area contributed by atoms with E-state index in [1.807, 2.05) is 12.4 Å². The fourth-order valence-electron chi connectivity index (χ4n) is 7.25. The zero-order valence-corrected chi connectivity index (χ0v) is 24.9. The number of allylic oxidation sites excluding steroid dienone is 7. The summed E-state index contributed by atoms with van der Waals surface area (Å²) in [6, 6.07) is 37.3. The lowest BCUT2D eigenvalue weighted by molar-refractivity contribution is 0.968. The van der Waals surface area contributed by atoms with E-state index in [2.05, 4.69) is 149 Å². The zero-order valence-electron chi connectivity index (χ0n) is 24.9. The molecule has 0 saturated carbocycles. The molecule has 3 heterocycles. The standard InChI is InChI=1S/C42H31N3/c1-2-14-33(44-39-20-7-3-16-35(39)36-17-4-8-21-40(36)44)25-29(12-1)31-24-32(28-43-27-31)30-13-11-15-34(26-30)45-41-22-9-5-18-37(41)38-19-6-10-23-42(38)45/h1-5,7-11,13-18,20-28H,6,12,19H2. The van der Waals surface area contributed by atoms with Gasteiger partial charge in [-0.2, -0.15) is 0 Å². The van der Waals surface area contributed by atoms with Crippen LogP contribution in [-0.2, 0) is 6.42 Å². The molecule has 0 bridgehead atoms. The Kier molecular flexibility index (Phi) is 6.02. The molecule has 0 saturated heterocycles. The Balaban J connectivity index is 1.14. The molecule has 0 fully saturated rings. The second-order valence-electron chi connectivity index (χ2n) is 11.9. The van der Waals surface area contributed by atoms with Crippen molar-refractivity contribution in [3.63, 3.8) is 0 Å². The molecule has 0 spiro atoms. The maximum atomic E-state index is 4.76. The summed E-state index contributed by atoms with van der Waals surface area (Å²) in [5.41, 5.74) is 13.4. The van der Waals surface area contributed by atoms with Crippen LogP contribution in [0.15, 0.2) is 146 Å². The first-order chi connectivity index (χ1) is 22.3. The fraction of sp³-hybridized carbons (Fsp3) is 0.0714. The highest BCUT2D eigenvalue weighted by Crippen LogP contribution is 2.37. The van der Waals surface area contributed by atoms with E-state index in [4.69, 9.17) is 4.98 Å². The predicted molar refractivity (Wildman–Crippen MR) is 189 cm³/mol. The smallest absolute Gasteiger partial charge is 0.0541 e. The van der Waals surface area contributed by atoms with Crippen molar-refractivity contribution >= 4 is 50.1 Å². The maximum Gasteiger partial charge on any atom is 0.0541 e. The minimum Gasteiger partial charge on any atom is -0.310 e. The van der Waals surface area contributed by atoms with Gasteiger partial charge in [0.25, 0.3) is 0 Å². The van der Waals surface area contributed by atoms with Crippen molar-refractivity contribution in [3.05, 3.63) is 163 Å². The second kappa shape index (κ2) is 10.5. The Morgan fingerprint density at radius 3 is 2.11 bits per heavy atom. The Morgan fingerprint density at radius 2 is 1.31 bits per heavy atom. The summed E-state index contributed by atoms with van der Waals surface area (Å²) in [5.74, 6) is 0. The molecule has 2 aliphatic carbocycles. The van der Waals surface area contributed by atoms with Gasteiger partial charge >= 0.3 is 0 Å². The van der Waals surface area contributed by atoms with Crippen LogP contribution in [0.4, 0.5) is 0 Å². The number of pyridine rings is 1.